The normalized spacial score (nSPS) is 10.5. The van der Waals surface area contributed by atoms with Crippen molar-refractivity contribution in [3.05, 3.63) is 38.8 Å². The summed E-state index contributed by atoms with van der Waals surface area (Å²) in [6.07, 6.45) is -0.0928. The molecule has 3 nitrogen and oxygen atoms in total. The van der Waals surface area contributed by atoms with Crippen LogP contribution in [-0.4, -0.2) is 16.1 Å². The summed E-state index contributed by atoms with van der Waals surface area (Å²) in [7, 11) is 0. The number of hydrogen-bond acceptors (Lipinski definition) is 3. The lowest BCUT2D eigenvalue weighted by molar-refractivity contribution is -0.136. The average Bonchev–Trinajstić information content (AvgIpc) is 2.59. The van der Waals surface area contributed by atoms with E-state index in [1.54, 1.807) is 0 Å². The van der Waals surface area contributed by atoms with Gasteiger partial charge < -0.3 is 5.11 Å². The molecule has 0 aliphatic rings. The topological polar surface area (TPSA) is 50.2 Å². The third-order valence-electron chi connectivity index (χ3n) is 2.03. The van der Waals surface area contributed by atoms with E-state index in [4.69, 9.17) is 16.7 Å². The summed E-state index contributed by atoms with van der Waals surface area (Å²) >= 11 is 10.6. The van der Waals surface area contributed by atoms with Gasteiger partial charge in [-0.05, 0) is 12.1 Å². The first-order valence-corrected chi connectivity index (χ1v) is 6.68. The van der Waals surface area contributed by atoms with Crippen LogP contribution in [-0.2, 0) is 11.2 Å². The predicted octanol–water partition coefficient (Wildman–Crippen LogP) is 3.85. The molecule has 0 saturated heterocycles. The van der Waals surface area contributed by atoms with Crippen LogP contribution in [0.1, 0.15) is 4.88 Å². The fourth-order valence-corrected chi connectivity index (χ4v) is 2.98. The van der Waals surface area contributed by atoms with Crippen LogP contribution in [0, 0.1) is 0 Å². The monoisotopic (exact) mass is 331 g/mol. The lowest BCUT2D eigenvalue weighted by Gasteiger charge is -1.95. The number of aromatic nitrogens is 1. The van der Waals surface area contributed by atoms with Gasteiger partial charge in [-0.25, -0.2) is 4.98 Å². The zero-order valence-corrected chi connectivity index (χ0v) is 11.6. The van der Waals surface area contributed by atoms with Crippen LogP contribution in [0.5, 0.6) is 0 Å². The Bertz CT molecular complexity index is 570. The van der Waals surface area contributed by atoms with Crippen molar-refractivity contribution >= 4 is 44.8 Å². The number of rotatable bonds is 3. The molecule has 0 atom stereocenters. The number of halogens is 2. The van der Waals surface area contributed by atoms with E-state index in [1.807, 2.05) is 24.3 Å². The Labute approximate surface area is 115 Å². The summed E-state index contributed by atoms with van der Waals surface area (Å²) in [5.41, 5.74) is 0.919. The Morgan fingerprint density at radius 3 is 2.94 bits per heavy atom. The highest BCUT2D eigenvalue weighted by Gasteiger charge is 2.13. The van der Waals surface area contributed by atoms with Crippen molar-refractivity contribution in [2.75, 3.05) is 0 Å². The van der Waals surface area contributed by atoms with E-state index in [2.05, 4.69) is 20.9 Å². The number of carboxylic acids is 1. The molecular weight excluding hydrogens is 326 g/mol. The van der Waals surface area contributed by atoms with Crippen molar-refractivity contribution in [1.29, 1.82) is 0 Å². The van der Waals surface area contributed by atoms with E-state index in [-0.39, 0.29) is 11.6 Å². The van der Waals surface area contributed by atoms with Crippen LogP contribution in [0.15, 0.2) is 28.7 Å². The lowest BCUT2D eigenvalue weighted by atomic mass is 10.2. The van der Waals surface area contributed by atoms with Gasteiger partial charge in [0.15, 0.2) is 0 Å². The minimum absolute atomic E-state index is 0.0928. The van der Waals surface area contributed by atoms with Gasteiger partial charge in [-0.1, -0.05) is 39.7 Å². The van der Waals surface area contributed by atoms with Crippen LogP contribution in [0.25, 0.3) is 10.6 Å². The summed E-state index contributed by atoms with van der Waals surface area (Å²) in [4.78, 5) is 15.4. The summed E-state index contributed by atoms with van der Waals surface area (Å²) < 4.78 is 0.945. The summed E-state index contributed by atoms with van der Waals surface area (Å²) in [5, 5.41) is 9.73. The highest BCUT2D eigenvalue weighted by molar-refractivity contribution is 9.10. The van der Waals surface area contributed by atoms with Gasteiger partial charge in [-0.15, -0.1) is 11.3 Å². The maximum atomic E-state index is 10.6. The maximum Gasteiger partial charge on any atom is 0.308 e. The molecule has 88 valence electrons. The molecule has 1 N–H and O–H groups in total. The van der Waals surface area contributed by atoms with Crippen LogP contribution < -0.4 is 0 Å². The van der Waals surface area contributed by atoms with Gasteiger partial charge in [0.25, 0.3) is 0 Å². The molecule has 0 unspecified atom stereocenters. The fourth-order valence-electron chi connectivity index (χ4n) is 1.32. The van der Waals surface area contributed by atoms with Crippen LogP contribution in [0.4, 0.5) is 0 Å². The summed E-state index contributed by atoms with van der Waals surface area (Å²) in [6, 6.07) is 7.63. The van der Waals surface area contributed by atoms with E-state index in [0.717, 1.165) is 15.0 Å². The van der Waals surface area contributed by atoms with Gasteiger partial charge in [-0.2, -0.15) is 0 Å². The molecule has 6 heteroatoms. The molecule has 0 aliphatic heterocycles. The van der Waals surface area contributed by atoms with Crippen molar-refractivity contribution in [2.24, 2.45) is 0 Å². The number of hydrogen-bond donors (Lipinski definition) is 1. The SMILES string of the molecule is O=C(O)Cc1sc(-c2cccc(Br)c2)nc1Cl. The van der Waals surface area contributed by atoms with Crippen LogP contribution in [0.2, 0.25) is 5.15 Å². The second-order valence-corrected chi connectivity index (χ2v) is 5.67. The second kappa shape index (κ2) is 5.16. The Morgan fingerprint density at radius 2 is 2.29 bits per heavy atom. The molecule has 0 bridgehead atoms. The summed E-state index contributed by atoms with van der Waals surface area (Å²) in [5.74, 6) is -0.906. The smallest absolute Gasteiger partial charge is 0.308 e. The standard InChI is InChI=1S/C11H7BrClNO2S/c12-7-3-1-2-6(4-7)11-14-10(13)8(17-11)5-9(15)16/h1-4H,5H2,(H,15,16). The largest absolute Gasteiger partial charge is 0.481 e. The number of carboxylic acid groups (broad SMARTS) is 1. The molecule has 0 saturated carbocycles. The first-order chi connectivity index (χ1) is 8.06. The molecule has 1 aromatic carbocycles. The fraction of sp³-hybridized carbons (Fsp3) is 0.0909. The van der Waals surface area contributed by atoms with E-state index < -0.39 is 5.97 Å². The Hall–Kier alpha value is -0.910. The zero-order valence-electron chi connectivity index (χ0n) is 8.48. The Kier molecular flexibility index (Phi) is 3.81. The molecule has 1 heterocycles. The molecular formula is C11H7BrClNO2S. The molecule has 2 aromatic rings. The molecule has 0 radical (unpaired) electrons. The molecule has 0 fully saturated rings. The minimum Gasteiger partial charge on any atom is -0.481 e. The quantitative estimate of drug-likeness (QED) is 0.928. The number of nitrogens with zero attached hydrogens (tertiary/aromatic N) is 1. The van der Waals surface area contributed by atoms with E-state index in [9.17, 15) is 4.79 Å². The van der Waals surface area contributed by atoms with E-state index in [1.165, 1.54) is 11.3 Å². The average molecular weight is 333 g/mol. The highest BCUT2D eigenvalue weighted by atomic mass is 79.9. The van der Waals surface area contributed by atoms with E-state index in [0.29, 0.717) is 4.88 Å². The summed E-state index contributed by atoms with van der Waals surface area (Å²) in [6.45, 7) is 0. The van der Waals surface area contributed by atoms with Gasteiger partial charge in [0, 0.05) is 10.0 Å². The minimum atomic E-state index is -0.906. The first kappa shape index (κ1) is 12.5. The lowest BCUT2D eigenvalue weighted by Crippen LogP contribution is -1.97. The molecule has 2 rings (SSSR count). The molecule has 0 amide bonds. The second-order valence-electron chi connectivity index (χ2n) is 3.31. The van der Waals surface area contributed by atoms with Gasteiger partial charge in [0.2, 0.25) is 0 Å². The number of thiazole rings is 1. The number of benzene rings is 1. The van der Waals surface area contributed by atoms with Gasteiger partial charge >= 0.3 is 5.97 Å². The molecule has 17 heavy (non-hydrogen) atoms. The molecule has 0 aliphatic carbocycles. The first-order valence-electron chi connectivity index (χ1n) is 4.69. The van der Waals surface area contributed by atoms with Gasteiger partial charge in [0.1, 0.15) is 10.2 Å². The van der Waals surface area contributed by atoms with E-state index >= 15 is 0 Å². The van der Waals surface area contributed by atoms with Crippen molar-refractivity contribution < 1.29 is 9.90 Å². The van der Waals surface area contributed by atoms with Crippen LogP contribution in [0.3, 0.4) is 0 Å². The third kappa shape index (κ3) is 3.06. The highest BCUT2D eigenvalue weighted by Crippen LogP contribution is 2.32. The zero-order chi connectivity index (χ0) is 12.4. The predicted molar refractivity (Wildman–Crippen MR) is 71.6 cm³/mol. The van der Waals surface area contributed by atoms with Gasteiger partial charge in [0.05, 0.1) is 11.3 Å². The third-order valence-corrected chi connectivity index (χ3v) is 4.06. The van der Waals surface area contributed by atoms with Crippen molar-refractivity contribution in [3.8, 4) is 10.6 Å². The van der Waals surface area contributed by atoms with Crippen molar-refractivity contribution in [1.82, 2.24) is 4.98 Å². The maximum absolute atomic E-state index is 10.6. The molecule has 0 spiro atoms. The Balaban J connectivity index is 2.37. The number of aliphatic carboxylic acids is 1. The van der Waals surface area contributed by atoms with Crippen LogP contribution >= 0.6 is 38.9 Å². The molecule has 1 aromatic heterocycles. The van der Waals surface area contributed by atoms with Crippen molar-refractivity contribution in [2.45, 2.75) is 6.42 Å². The Morgan fingerprint density at radius 1 is 1.53 bits per heavy atom. The number of carbonyl (C=O) groups is 1. The van der Waals surface area contributed by atoms with Gasteiger partial charge in [-0.3, -0.25) is 4.79 Å². The van der Waals surface area contributed by atoms with Crippen molar-refractivity contribution in [3.63, 3.8) is 0 Å².